The van der Waals surface area contributed by atoms with Gasteiger partial charge in [-0.15, -0.1) is 0 Å². The minimum absolute atomic E-state index is 0.0339. The minimum atomic E-state index is -0.466. The highest BCUT2D eigenvalue weighted by Crippen LogP contribution is 2.33. The van der Waals surface area contributed by atoms with Crippen LogP contribution in [0.3, 0.4) is 0 Å². The lowest BCUT2D eigenvalue weighted by atomic mass is 9.87. The van der Waals surface area contributed by atoms with Gasteiger partial charge in [0, 0.05) is 37.7 Å². The Balaban J connectivity index is 1.96. The molecule has 9 heteroatoms. The number of ether oxygens (including phenoxy) is 1. The summed E-state index contributed by atoms with van der Waals surface area (Å²) in [6.07, 6.45) is 7.73. The monoisotopic (exact) mass is 481 g/mol. The van der Waals surface area contributed by atoms with E-state index in [1.807, 2.05) is 43.4 Å². The van der Waals surface area contributed by atoms with Crippen LogP contribution in [-0.4, -0.2) is 60.4 Å². The van der Waals surface area contributed by atoms with Crippen molar-refractivity contribution in [3.63, 3.8) is 0 Å². The first-order valence-corrected chi connectivity index (χ1v) is 12.2. The molecule has 2 atom stereocenters. The van der Waals surface area contributed by atoms with Crippen LogP contribution in [0, 0.1) is 0 Å². The summed E-state index contributed by atoms with van der Waals surface area (Å²) < 4.78 is 5.24. The van der Waals surface area contributed by atoms with Gasteiger partial charge in [-0.25, -0.2) is 4.79 Å². The summed E-state index contributed by atoms with van der Waals surface area (Å²) in [5, 5.41) is 20.3. The number of nitrogens with two attached hydrogens (primary N) is 1. The zero-order chi connectivity index (χ0) is 25.2. The first-order valence-electron chi connectivity index (χ1n) is 12.2. The van der Waals surface area contributed by atoms with E-state index in [0.29, 0.717) is 50.1 Å². The molecule has 35 heavy (non-hydrogen) atoms. The summed E-state index contributed by atoms with van der Waals surface area (Å²) in [4.78, 5) is 27.7. The summed E-state index contributed by atoms with van der Waals surface area (Å²) in [6, 6.07) is 7.27. The molecule has 3 rings (SSSR count). The zero-order valence-corrected chi connectivity index (χ0v) is 20.4. The van der Waals surface area contributed by atoms with Gasteiger partial charge in [0.25, 0.3) is 0 Å². The van der Waals surface area contributed by atoms with Crippen LogP contribution >= 0.6 is 0 Å². The van der Waals surface area contributed by atoms with Gasteiger partial charge in [-0.3, -0.25) is 10.1 Å². The van der Waals surface area contributed by atoms with Crippen LogP contribution in [0.5, 0.6) is 0 Å². The zero-order valence-electron chi connectivity index (χ0n) is 20.4. The molecule has 1 amide bonds. The number of benzene rings is 1. The highest BCUT2D eigenvalue weighted by atomic mass is 16.5. The smallest absolute Gasteiger partial charge is 0.338 e. The maximum atomic E-state index is 13.4. The quantitative estimate of drug-likeness (QED) is 0.204. The summed E-state index contributed by atoms with van der Waals surface area (Å²) in [7, 11) is 0. The third-order valence-corrected chi connectivity index (χ3v) is 6.07. The van der Waals surface area contributed by atoms with Crippen molar-refractivity contribution in [3.05, 3.63) is 64.8 Å². The van der Waals surface area contributed by atoms with Crippen molar-refractivity contribution in [2.75, 3.05) is 26.3 Å². The molecule has 4 N–H and O–H groups in total. The second-order valence-electron chi connectivity index (χ2n) is 8.54. The van der Waals surface area contributed by atoms with Crippen LogP contribution in [-0.2, 0) is 9.53 Å². The normalized spacial score (nSPS) is 19.8. The molecule has 2 aliphatic rings. The van der Waals surface area contributed by atoms with Crippen LogP contribution in [0.25, 0.3) is 5.57 Å². The van der Waals surface area contributed by atoms with E-state index in [1.54, 1.807) is 17.9 Å². The van der Waals surface area contributed by atoms with Crippen molar-refractivity contribution in [1.82, 2.24) is 10.2 Å². The molecule has 0 saturated heterocycles. The Kier molecular flexibility index (Phi) is 9.75. The van der Waals surface area contributed by atoms with Crippen molar-refractivity contribution < 1.29 is 19.4 Å². The van der Waals surface area contributed by atoms with Gasteiger partial charge in [-0.1, -0.05) is 42.5 Å². The van der Waals surface area contributed by atoms with Gasteiger partial charge >= 0.3 is 5.97 Å². The Hall–Kier alpha value is -3.30. The molecule has 0 spiro atoms. The molecule has 9 nitrogen and oxygen atoms in total. The van der Waals surface area contributed by atoms with Crippen molar-refractivity contribution in [2.45, 2.75) is 51.7 Å². The topological polar surface area (TPSA) is 130 Å². The number of allylic oxidation sites excluding steroid dienone is 2. The standard InChI is InChI=1S/C26H35N5O4/c1-3-12-31(13-7-14-32)25(33)20-15-19-11-10-18(16-23(19)28-24(17-20)29-30-27)21-8-5-6-9-22(21)26(34)35-4-2/h5-6,8-11,15,23-24,28,32H,3-4,7,12-14,16-17H2,1-2H3,(H2,27,29). The largest absolute Gasteiger partial charge is 0.462 e. The fraction of sp³-hybridized carbons (Fsp3) is 0.462. The van der Waals surface area contributed by atoms with Crippen molar-refractivity contribution in [3.8, 4) is 0 Å². The SMILES string of the molecule is CCCN(CCCO)C(=O)C1=CC2=CC=C(c3ccccc3C(=O)OCC)CC2NC(N=NN)C1. The third kappa shape index (κ3) is 6.64. The maximum absolute atomic E-state index is 13.4. The van der Waals surface area contributed by atoms with Crippen LogP contribution in [0.15, 0.2) is 64.0 Å². The van der Waals surface area contributed by atoms with E-state index in [9.17, 15) is 14.7 Å². The van der Waals surface area contributed by atoms with Crippen LogP contribution in [0.4, 0.5) is 0 Å². The Bertz CT molecular complexity index is 1030. The number of fused-ring (bicyclic) bond motifs is 1. The lowest BCUT2D eigenvalue weighted by Crippen LogP contribution is -2.39. The molecule has 0 radical (unpaired) electrons. The first-order chi connectivity index (χ1) is 17.0. The second kappa shape index (κ2) is 13.0. The predicted octanol–water partition coefficient (Wildman–Crippen LogP) is 3.14. The number of carbonyl (C=O) groups is 2. The molecule has 2 unspecified atom stereocenters. The summed E-state index contributed by atoms with van der Waals surface area (Å²) in [5.41, 5.74) is 3.91. The van der Waals surface area contributed by atoms with Gasteiger partial charge in [0.15, 0.2) is 0 Å². The first kappa shape index (κ1) is 26.3. The van der Waals surface area contributed by atoms with E-state index in [2.05, 4.69) is 15.7 Å². The van der Waals surface area contributed by atoms with Crippen molar-refractivity contribution in [1.29, 1.82) is 0 Å². The number of carbonyl (C=O) groups excluding carboxylic acids is 2. The van der Waals surface area contributed by atoms with Crippen molar-refractivity contribution in [2.24, 2.45) is 16.2 Å². The molecule has 1 heterocycles. The molecule has 1 aliphatic heterocycles. The van der Waals surface area contributed by atoms with Gasteiger partial charge in [0.2, 0.25) is 5.91 Å². The lowest BCUT2D eigenvalue weighted by molar-refractivity contribution is -0.127. The van der Waals surface area contributed by atoms with E-state index in [1.165, 1.54) is 0 Å². The molecular weight excluding hydrogens is 446 g/mol. The highest BCUT2D eigenvalue weighted by molar-refractivity contribution is 5.96. The third-order valence-electron chi connectivity index (χ3n) is 6.07. The predicted molar refractivity (Wildman–Crippen MR) is 134 cm³/mol. The number of esters is 1. The molecule has 0 aromatic heterocycles. The Morgan fingerprint density at radius 2 is 2.00 bits per heavy atom. The van der Waals surface area contributed by atoms with Crippen LogP contribution < -0.4 is 11.2 Å². The minimum Gasteiger partial charge on any atom is -0.462 e. The Labute approximate surface area is 206 Å². The highest BCUT2D eigenvalue weighted by Gasteiger charge is 2.30. The number of hydrogen-bond acceptors (Lipinski definition) is 7. The molecular formula is C26H35N5O4. The number of rotatable bonds is 10. The van der Waals surface area contributed by atoms with E-state index >= 15 is 0 Å². The van der Waals surface area contributed by atoms with Crippen LogP contribution in [0.1, 0.15) is 55.5 Å². The number of hydrogen-bond donors (Lipinski definition) is 3. The number of nitrogens with zero attached hydrogens (tertiary/aromatic N) is 3. The summed E-state index contributed by atoms with van der Waals surface area (Å²) >= 11 is 0. The Morgan fingerprint density at radius 1 is 1.20 bits per heavy atom. The molecule has 1 aliphatic carbocycles. The maximum Gasteiger partial charge on any atom is 0.338 e. The Morgan fingerprint density at radius 3 is 2.71 bits per heavy atom. The van der Waals surface area contributed by atoms with E-state index in [4.69, 9.17) is 10.6 Å². The average Bonchev–Trinajstić information content (AvgIpc) is 3.05. The number of amides is 1. The average molecular weight is 482 g/mol. The molecule has 0 fully saturated rings. The lowest BCUT2D eigenvalue weighted by Gasteiger charge is -2.26. The number of nitrogens with one attached hydrogen (secondary N) is 1. The van der Waals surface area contributed by atoms with Gasteiger partial charge < -0.3 is 20.6 Å². The van der Waals surface area contributed by atoms with Gasteiger partial charge in [-0.05, 0) is 55.0 Å². The summed E-state index contributed by atoms with van der Waals surface area (Å²) in [5.74, 6) is 4.95. The van der Waals surface area contributed by atoms with E-state index < -0.39 is 6.17 Å². The summed E-state index contributed by atoms with van der Waals surface area (Å²) in [6.45, 7) is 5.26. The van der Waals surface area contributed by atoms with E-state index in [-0.39, 0.29) is 24.5 Å². The molecule has 1 aromatic rings. The fourth-order valence-electron chi connectivity index (χ4n) is 4.49. The molecule has 1 aromatic carbocycles. The van der Waals surface area contributed by atoms with Crippen LogP contribution in [0.2, 0.25) is 0 Å². The molecule has 0 saturated carbocycles. The van der Waals surface area contributed by atoms with Gasteiger partial charge in [0.1, 0.15) is 6.17 Å². The molecule has 188 valence electrons. The van der Waals surface area contributed by atoms with Gasteiger partial charge in [-0.2, -0.15) is 5.11 Å². The number of aliphatic hydroxyl groups is 1. The number of aliphatic hydroxyl groups excluding tert-OH is 1. The second-order valence-corrected chi connectivity index (χ2v) is 8.54. The molecule has 0 bridgehead atoms. The van der Waals surface area contributed by atoms with E-state index in [0.717, 1.165) is 23.1 Å². The van der Waals surface area contributed by atoms with Gasteiger partial charge in [0.05, 0.1) is 12.2 Å². The van der Waals surface area contributed by atoms with Crippen molar-refractivity contribution >= 4 is 17.4 Å². The fourth-order valence-corrected chi connectivity index (χ4v) is 4.49.